The summed E-state index contributed by atoms with van der Waals surface area (Å²) in [5, 5.41) is 9.56. The fourth-order valence-corrected chi connectivity index (χ4v) is 3.05. The zero-order valence-electron chi connectivity index (χ0n) is 18.0. The normalized spacial score (nSPS) is 10.2. The summed E-state index contributed by atoms with van der Waals surface area (Å²) < 4.78 is 2.14. The van der Waals surface area contributed by atoms with Crippen LogP contribution in [0.1, 0.15) is 43.1 Å². The second-order valence-electron chi connectivity index (χ2n) is 6.12. The van der Waals surface area contributed by atoms with Gasteiger partial charge in [0.05, 0.1) is 0 Å². The van der Waals surface area contributed by atoms with Gasteiger partial charge in [-0.15, -0.1) is 0 Å². The summed E-state index contributed by atoms with van der Waals surface area (Å²) >= 11 is 0. The molecule has 0 unspecified atom stereocenters. The number of aromatic hydroxyl groups is 1. The lowest BCUT2D eigenvalue weighted by Crippen LogP contribution is -2.22. The van der Waals surface area contributed by atoms with Crippen LogP contribution in [-0.4, -0.2) is 33.5 Å². The Morgan fingerprint density at radius 1 is 0.967 bits per heavy atom. The highest BCUT2D eigenvalue weighted by molar-refractivity contribution is 6.09. The van der Waals surface area contributed by atoms with Crippen LogP contribution in [0.2, 0.25) is 0 Å². The molecule has 5 N–H and O–H groups in total. The SMILES string of the molecule is CC.CCCn1cccc(-c2ccc(C(=O)c3cccc(O)c3)cc2)c1=NC.O.O. The van der Waals surface area contributed by atoms with Crippen molar-refractivity contribution in [2.45, 2.75) is 33.7 Å². The van der Waals surface area contributed by atoms with Crippen molar-refractivity contribution in [3.63, 3.8) is 0 Å². The van der Waals surface area contributed by atoms with Crippen molar-refractivity contribution < 1.29 is 20.9 Å². The van der Waals surface area contributed by atoms with E-state index in [0.29, 0.717) is 11.1 Å². The van der Waals surface area contributed by atoms with Crippen molar-refractivity contribution >= 4 is 5.78 Å². The summed E-state index contributed by atoms with van der Waals surface area (Å²) in [7, 11) is 1.80. The molecule has 0 saturated carbocycles. The first-order valence-corrected chi connectivity index (χ1v) is 9.70. The number of nitrogens with zero attached hydrogens (tertiary/aromatic N) is 2. The molecule has 1 heterocycles. The summed E-state index contributed by atoms with van der Waals surface area (Å²) in [5.41, 5.74) is 4.05. The van der Waals surface area contributed by atoms with E-state index >= 15 is 0 Å². The smallest absolute Gasteiger partial charge is 0.193 e. The molecule has 0 fully saturated rings. The largest absolute Gasteiger partial charge is 0.508 e. The van der Waals surface area contributed by atoms with E-state index in [-0.39, 0.29) is 22.5 Å². The van der Waals surface area contributed by atoms with E-state index in [4.69, 9.17) is 0 Å². The predicted molar refractivity (Wildman–Crippen MR) is 122 cm³/mol. The van der Waals surface area contributed by atoms with Gasteiger partial charge in [-0.3, -0.25) is 9.79 Å². The van der Waals surface area contributed by atoms with Gasteiger partial charge in [0.1, 0.15) is 11.2 Å². The van der Waals surface area contributed by atoms with Crippen LogP contribution in [-0.2, 0) is 6.54 Å². The van der Waals surface area contributed by atoms with Gasteiger partial charge in [0.2, 0.25) is 0 Å². The highest BCUT2D eigenvalue weighted by Crippen LogP contribution is 2.19. The summed E-state index contributed by atoms with van der Waals surface area (Å²) in [6, 6.07) is 18.0. The molecule has 3 aromatic rings. The number of aromatic nitrogens is 1. The van der Waals surface area contributed by atoms with Gasteiger partial charge in [-0.05, 0) is 36.2 Å². The average molecular weight is 413 g/mol. The van der Waals surface area contributed by atoms with Gasteiger partial charge in [-0.2, -0.15) is 0 Å². The van der Waals surface area contributed by atoms with E-state index in [1.54, 1.807) is 25.2 Å². The minimum absolute atomic E-state index is 0. The van der Waals surface area contributed by atoms with Crippen LogP contribution >= 0.6 is 0 Å². The van der Waals surface area contributed by atoms with Crippen molar-refractivity contribution in [1.82, 2.24) is 4.57 Å². The van der Waals surface area contributed by atoms with Gasteiger partial charge in [0, 0.05) is 36.5 Å². The number of rotatable bonds is 5. The Bertz CT molecular complexity index is 993. The summed E-state index contributed by atoms with van der Waals surface area (Å²) in [4.78, 5) is 17.0. The number of phenolic OH excluding ortho intramolecular Hbond substituents is 1. The summed E-state index contributed by atoms with van der Waals surface area (Å²) in [6.07, 6.45) is 3.07. The number of hydrogen-bond donors (Lipinski definition) is 1. The molecular formula is C24H32N2O4. The minimum Gasteiger partial charge on any atom is -0.508 e. The van der Waals surface area contributed by atoms with Crippen molar-refractivity contribution in [3.8, 4) is 16.9 Å². The molecule has 0 aliphatic heterocycles. The number of carbonyl (C=O) groups excluding carboxylic acids is 1. The Morgan fingerprint density at radius 3 is 2.20 bits per heavy atom. The lowest BCUT2D eigenvalue weighted by Gasteiger charge is -2.10. The average Bonchev–Trinajstić information content (AvgIpc) is 2.75. The number of aryl methyl sites for hydroxylation is 1. The van der Waals surface area contributed by atoms with Gasteiger partial charge < -0.3 is 20.6 Å². The van der Waals surface area contributed by atoms with Crippen LogP contribution in [0.5, 0.6) is 5.75 Å². The topological polar surface area (TPSA) is 118 Å². The lowest BCUT2D eigenvalue weighted by atomic mass is 9.99. The molecule has 0 aliphatic rings. The Balaban J connectivity index is 0.00000204. The molecule has 6 heteroatoms. The van der Waals surface area contributed by atoms with Gasteiger partial charge in [-0.1, -0.05) is 57.2 Å². The van der Waals surface area contributed by atoms with Crippen molar-refractivity contribution in [3.05, 3.63) is 83.5 Å². The van der Waals surface area contributed by atoms with Crippen LogP contribution in [0, 0.1) is 0 Å². The van der Waals surface area contributed by atoms with E-state index in [1.165, 1.54) is 6.07 Å². The highest BCUT2D eigenvalue weighted by atomic mass is 16.3. The first kappa shape index (κ1) is 26.8. The Labute approximate surface area is 177 Å². The van der Waals surface area contributed by atoms with Crippen molar-refractivity contribution in [2.75, 3.05) is 7.05 Å². The maximum absolute atomic E-state index is 12.6. The minimum atomic E-state index is -0.109. The van der Waals surface area contributed by atoms with E-state index < -0.39 is 0 Å². The van der Waals surface area contributed by atoms with Crippen LogP contribution in [0.4, 0.5) is 0 Å². The maximum Gasteiger partial charge on any atom is 0.193 e. The summed E-state index contributed by atoms with van der Waals surface area (Å²) in [6.45, 7) is 7.05. The maximum atomic E-state index is 12.6. The van der Waals surface area contributed by atoms with E-state index in [0.717, 1.165) is 29.6 Å². The van der Waals surface area contributed by atoms with Crippen LogP contribution in [0.25, 0.3) is 11.1 Å². The molecule has 2 aromatic carbocycles. The standard InChI is InChI=1S/C22H22N2O2.C2H6.2H2O/c1-3-13-24-14-5-8-20(22(24)23-2)16-9-11-17(12-10-16)21(26)18-6-4-7-19(25)15-18;1-2;;/h4-12,14-15,25H,3,13H2,1-2H3;1-2H3;2*1H2. The quantitative estimate of drug-likeness (QED) is 0.646. The highest BCUT2D eigenvalue weighted by Gasteiger charge is 2.10. The number of carbonyl (C=O) groups is 1. The molecule has 0 amide bonds. The second kappa shape index (κ2) is 13.1. The molecule has 0 spiro atoms. The third kappa shape index (κ3) is 6.14. The fraction of sp³-hybridized carbons (Fsp3) is 0.250. The number of pyridine rings is 1. The molecule has 30 heavy (non-hydrogen) atoms. The third-order valence-corrected chi connectivity index (χ3v) is 4.28. The molecular weight excluding hydrogens is 380 g/mol. The molecule has 0 radical (unpaired) electrons. The zero-order chi connectivity index (χ0) is 20.5. The van der Waals surface area contributed by atoms with E-state index in [9.17, 15) is 9.90 Å². The van der Waals surface area contributed by atoms with Crippen LogP contribution < -0.4 is 5.49 Å². The lowest BCUT2D eigenvalue weighted by molar-refractivity contribution is 0.103. The Kier molecular flexibility index (Phi) is 11.7. The molecule has 0 aliphatic carbocycles. The van der Waals surface area contributed by atoms with Crippen molar-refractivity contribution in [2.24, 2.45) is 4.99 Å². The Morgan fingerprint density at radius 2 is 1.63 bits per heavy atom. The summed E-state index contributed by atoms with van der Waals surface area (Å²) in [5.74, 6) is -0.0200. The van der Waals surface area contributed by atoms with E-state index in [2.05, 4.69) is 16.5 Å². The van der Waals surface area contributed by atoms with Crippen LogP contribution in [0.15, 0.2) is 71.9 Å². The monoisotopic (exact) mass is 412 g/mol. The number of ketones is 1. The van der Waals surface area contributed by atoms with Crippen LogP contribution in [0.3, 0.4) is 0 Å². The fourth-order valence-electron chi connectivity index (χ4n) is 3.05. The van der Waals surface area contributed by atoms with Gasteiger partial charge in [0.25, 0.3) is 0 Å². The van der Waals surface area contributed by atoms with Crippen molar-refractivity contribution in [1.29, 1.82) is 0 Å². The number of hydrogen-bond acceptors (Lipinski definition) is 3. The third-order valence-electron chi connectivity index (χ3n) is 4.28. The predicted octanol–water partition coefficient (Wildman–Crippen LogP) is 3.41. The van der Waals surface area contributed by atoms with Gasteiger partial charge >= 0.3 is 0 Å². The van der Waals surface area contributed by atoms with E-state index in [1.807, 2.05) is 56.4 Å². The molecule has 3 rings (SSSR count). The molecule has 6 nitrogen and oxygen atoms in total. The second-order valence-corrected chi connectivity index (χ2v) is 6.12. The van der Waals surface area contributed by atoms with Gasteiger partial charge in [0.15, 0.2) is 5.78 Å². The first-order chi connectivity index (χ1) is 13.6. The molecule has 162 valence electrons. The molecule has 0 saturated heterocycles. The zero-order valence-corrected chi connectivity index (χ0v) is 18.0. The number of phenols is 1. The first-order valence-electron chi connectivity index (χ1n) is 9.70. The molecule has 0 bridgehead atoms. The molecule has 0 atom stereocenters. The number of benzene rings is 2. The Hall–Kier alpha value is -3.22. The van der Waals surface area contributed by atoms with Gasteiger partial charge in [-0.25, -0.2) is 0 Å². The molecule has 1 aromatic heterocycles.